The summed E-state index contributed by atoms with van der Waals surface area (Å²) in [7, 11) is 5.05. The molecule has 0 spiro atoms. The summed E-state index contributed by atoms with van der Waals surface area (Å²) in [5.74, 6) is -1.66. The molecule has 3 aromatic heterocycles. The van der Waals surface area contributed by atoms with Gasteiger partial charge >= 0.3 is 0 Å². The zero-order valence-electron chi connectivity index (χ0n) is 30.5. The van der Waals surface area contributed by atoms with Gasteiger partial charge in [0.15, 0.2) is 0 Å². The summed E-state index contributed by atoms with van der Waals surface area (Å²) < 4.78 is 44.8. The van der Waals surface area contributed by atoms with Crippen molar-refractivity contribution in [3.8, 4) is 39.5 Å². The van der Waals surface area contributed by atoms with E-state index in [2.05, 4.69) is 29.7 Å². The van der Waals surface area contributed by atoms with Gasteiger partial charge in [-0.1, -0.05) is 18.7 Å². The maximum atomic E-state index is 16.3. The highest BCUT2D eigenvalue weighted by molar-refractivity contribution is 7.18. The summed E-state index contributed by atoms with van der Waals surface area (Å²) in [5, 5.41) is 7.78. The Balaban J connectivity index is 1.44. The molecular formula is C40H42F2N6O4S. The van der Waals surface area contributed by atoms with Crippen LogP contribution >= 0.6 is 11.3 Å². The third-order valence-corrected chi connectivity index (χ3v) is 11.0. The predicted octanol–water partition coefficient (Wildman–Crippen LogP) is 6.89. The van der Waals surface area contributed by atoms with Crippen molar-refractivity contribution in [3.05, 3.63) is 89.0 Å². The quantitative estimate of drug-likeness (QED) is 0.114. The highest BCUT2D eigenvalue weighted by atomic mass is 32.1. The van der Waals surface area contributed by atoms with E-state index in [1.165, 1.54) is 36.2 Å². The van der Waals surface area contributed by atoms with Crippen LogP contribution in [0.3, 0.4) is 0 Å². The first-order valence-corrected chi connectivity index (χ1v) is 18.5. The van der Waals surface area contributed by atoms with Crippen LogP contribution in [0.4, 0.5) is 8.78 Å². The number of aromatic nitrogens is 3. The van der Waals surface area contributed by atoms with E-state index in [1.54, 1.807) is 23.9 Å². The maximum Gasteiger partial charge on any atom is 0.246 e. The standard InChI is InChI=1S/C40H42F2N6O4S/c1-7-34(49)47-20-23(2)48-32(24(47)3)19-31(44-48)39-37(36-30(42)17-28(41)18-33(36)52-14-13-51-6)40-29(11-15-53-40)38(43-39)26-9-8-25-10-12-46(21-27(25)16-26)22-35(50)45(4)5/h7-9,11,15-19,23-24H,1,10,12-14,20-22H2,2-6H3/t23-,24+/m0/s1. The van der Waals surface area contributed by atoms with Crippen LogP contribution in [0, 0.1) is 11.6 Å². The topological polar surface area (TPSA) is 93.0 Å². The molecule has 0 unspecified atom stereocenters. The fourth-order valence-electron chi connectivity index (χ4n) is 7.30. The van der Waals surface area contributed by atoms with Crippen LogP contribution in [0.5, 0.6) is 5.75 Å². The molecule has 276 valence electrons. The Morgan fingerprint density at radius 3 is 2.62 bits per heavy atom. The van der Waals surface area contributed by atoms with Gasteiger partial charge in [0.05, 0.1) is 42.2 Å². The average Bonchev–Trinajstić information content (AvgIpc) is 3.81. The van der Waals surface area contributed by atoms with E-state index < -0.39 is 11.6 Å². The first-order valence-electron chi connectivity index (χ1n) is 17.6. The average molecular weight is 741 g/mol. The number of rotatable bonds is 10. The molecule has 2 atom stereocenters. The van der Waals surface area contributed by atoms with E-state index in [0.717, 1.165) is 45.9 Å². The lowest BCUT2D eigenvalue weighted by Crippen LogP contribution is -2.42. The van der Waals surface area contributed by atoms with Crippen LogP contribution in [-0.2, 0) is 27.3 Å². The molecule has 7 rings (SSSR count). The molecule has 53 heavy (non-hydrogen) atoms. The van der Waals surface area contributed by atoms with Crippen molar-refractivity contribution in [1.82, 2.24) is 29.5 Å². The van der Waals surface area contributed by atoms with Crippen LogP contribution < -0.4 is 4.74 Å². The number of hydrogen-bond acceptors (Lipinski definition) is 8. The number of carbonyl (C=O) groups excluding carboxylic acids is 2. The van der Waals surface area contributed by atoms with Gasteiger partial charge in [-0.05, 0) is 61.1 Å². The van der Waals surface area contributed by atoms with Gasteiger partial charge in [0.25, 0.3) is 0 Å². The highest BCUT2D eigenvalue weighted by Crippen LogP contribution is 2.48. The number of nitrogens with zero attached hydrogens (tertiary/aromatic N) is 6. The van der Waals surface area contributed by atoms with Crippen molar-refractivity contribution < 1.29 is 27.8 Å². The Morgan fingerprint density at radius 2 is 1.87 bits per heavy atom. The minimum Gasteiger partial charge on any atom is -0.490 e. The smallest absolute Gasteiger partial charge is 0.246 e. The maximum absolute atomic E-state index is 16.3. The Labute approximate surface area is 311 Å². The van der Waals surface area contributed by atoms with Crippen molar-refractivity contribution in [2.75, 3.05) is 54.1 Å². The number of likely N-dealkylation sites (N-methyl/N-ethyl adjacent to an activating group) is 1. The molecule has 0 radical (unpaired) electrons. The van der Waals surface area contributed by atoms with Crippen molar-refractivity contribution in [2.45, 2.75) is 38.9 Å². The van der Waals surface area contributed by atoms with Crippen molar-refractivity contribution in [1.29, 1.82) is 0 Å². The number of methoxy groups -OCH3 is 1. The van der Waals surface area contributed by atoms with Crippen LogP contribution in [0.25, 0.3) is 43.9 Å². The van der Waals surface area contributed by atoms with E-state index >= 15 is 4.39 Å². The van der Waals surface area contributed by atoms with Gasteiger partial charge < -0.3 is 19.3 Å². The Kier molecular flexibility index (Phi) is 10.2. The summed E-state index contributed by atoms with van der Waals surface area (Å²) in [6.07, 6.45) is 2.13. The van der Waals surface area contributed by atoms with E-state index in [-0.39, 0.29) is 48.4 Å². The molecule has 0 N–H and O–H groups in total. The van der Waals surface area contributed by atoms with Crippen LogP contribution in [-0.4, -0.2) is 95.3 Å². The molecule has 0 saturated carbocycles. The van der Waals surface area contributed by atoms with Gasteiger partial charge in [0.2, 0.25) is 11.8 Å². The fraction of sp³-hybridized carbons (Fsp3) is 0.350. The predicted molar refractivity (Wildman–Crippen MR) is 202 cm³/mol. The van der Waals surface area contributed by atoms with E-state index in [1.807, 2.05) is 36.0 Å². The van der Waals surface area contributed by atoms with E-state index in [0.29, 0.717) is 42.3 Å². The molecule has 2 aliphatic heterocycles. The lowest BCUT2D eigenvalue weighted by molar-refractivity contribution is -0.130. The summed E-state index contributed by atoms with van der Waals surface area (Å²) in [5.41, 5.74) is 6.07. The van der Waals surface area contributed by atoms with Crippen LogP contribution in [0.1, 0.15) is 42.8 Å². The molecule has 5 aromatic rings. The van der Waals surface area contributed by atoms with Crippen LogP contribution in [0.2, 0.25) is 0 Å². The van der Waals surface area contributed by atoms with Gasteiger partial charge in [-0.25, -0.2) is 13.8 Å². The van der Waals surface area contributed by atoms with Gasteiger partial charge in [-0.15, -0.1) is 11.3 Å². The number of amides is 2. The Bertz CT molecular complexity index is 2230. The van der Waals surface area contributed by atoms with E-state index in [4.69, 9.17) is 19.6 Å². The number of ether oxygens (including phenoxy) is 2. The van der Waals surface area contributed by atoms with E-state index in [9.17, 15) is 14.0 Å². The third kappa shape index (κ3) is 6.84. The number of benzene rings is 2. The number of thiophene rings is 1. The van der Waals surface area contributed by atoms with Gasteiger partial charge in [-0.2, -0.15) is 5.10 Å². The molecule has 0 saturated heterocycles. The molecule has 5 heterocycles. The van der Waals surface area contributed by atoms with Gasteiger partial charge in [0, 0.05) is 74.2 Å². The molecule has 10 nitrogen and oxygen atoms in total. The van der Waals surface area contributed by atoms with Crippen LogP contribution in [0.15, 0.2) is 60.5 Å². The normalized spacial score (nSPS) is 17.1. The number of hydrogen-bond donors (Lipinski definition) is 0. The molecule has 2 amide bonds. The lowest BCUT2D eigenvalue weighted by Gasteiger charge is -2.36. The molecule has 13 heteroatoms. The van der Waals surface area contributed by atoms with Crippen molar-refractivity contribution in [3.63, 3.8) is 0 Å². The number of fused-ring (bicyclic) bond motifs is 3. The first-order chi connectivity index (χ1) is 25.5. The lowest BCUT2D eigenvalue weighted by atomic mass is 9.93. The Hall–Kier alpha value is -4.98. The monoisotopic (exact) mass is 740 g/mol. The molecule has 0 bridgehead atoms. The molecule has 2 aliphatic rings. The minimum atomic E-state index is -0.794. The summed E-state index contributed by atoms with van der Waals surface area (Å²) in [6, 6.07) is 11.7. The second-order valence-electron chi connectivity index (χ2n) is 13.8. The first kappa shape index (κ1) is 36.4. The second kappa shape index (κ2) is 14.8. The number of pyridine rings is 1. The van der Waals surface area contributed by atoms with Crippen molar-refractivity contribution in [2.24, 2.45) is 0 Å². The number of carbonyl (C=O) groups is 2. The largest absolute Gasteiger partial charge is 0.490 e. The molecule has 2 aromatic carbocycles. The summed E-state index contributed by atoms with van der Waals surface area (Å²) >= 11 is 1.43. The molecule has 0 aliphatic carbocycles. The van der Waals surface area contributed by atoms with Gasteiger partial charge in [-0.3, -0.25) is 19.2 Å². The highest BCUT2D eigenvalue weighted by Gasteiger charge is 2.34. The third-order valence-electron chi connectivity index (χ3n) is 10.1. The second-order valence-corrected chi connectivity index (χ2v) is 14.7. The Morgan fingerprint density at radius 1 is 1.06 bits per heavy atom. The SMILES string of the molecule is C=CC(=O)N1C[C@H](C)n2nc(-c3nc(-c4ccc5c(c4)CN(CC(=O)N(C)C)CC5)c4ccsc4c3-c3c(F)cc(F)cc3OCCOC)cc2[C@H]1C. The minimum absolute atomic E-state index is 0.0275. The fourth-order valence-corrected chi connectivity index (χ4v) is 8.25. The zero-order chi connectivity index (χ0) is 37.6. The number of halogens is 2. The summed E-state index contributed by atoms with van der Waals surface area (Å²) in [6.45, 7) is 10.1. The zero-order valence-corrected chi connectivity index (χ0v) is 31.3. The van der Waals surface area contributed by atoms with Crippen molar-refractivity contribution >= 4 is 33.2 Å². The van der Waals surface area contributed by atoms with Gasteiger partial charge in [0.1, 0.15) is 35.4 Å². The molecular weight excluding hydrogens is 699 g/mol. The summed E-state index contributed by atoms with van der Waals surface area (Å²) in [4.78, 5) is 36.2. The molecule has 0 fully saturated rings.